The highest BCUT2D eigenvalue weighted by Gasteiger charge is 2.16. The number of nitrogens with one attached hydrogen (secondary N) is 1. The molecule has 7 heteroatoms. The third-order valence-corrected chi connectivity index (χ3v) is 4.30. The van der Waals surface area contributed by atoms with Crippen LogP contribution in [0.15, 0.2) is 47.4 Å². The van der Waals surface area contributed by atoms with Crippen molar-refractivity contribution in [1.82, 2.24) is 0 Å². The number of hydrogen-bond donors (Lipinski definition) is 1. The molecule has 0 aliphatic rings. The molecule has 0 amide bonds. The molecule has 0 fully saturated rings. The lowest BCUT2D eigenvalue weighted by atomic mass is 10.1. The number of benzene rings is 2. The minimum Gasteiger partial charge on any atom is -0.494 e. The standard InChI is InChI=1S/C15H13FN2O3S/c1-21-15-7-6-13(10-14(15)16)22(19,20)18-12-4-2-11(3-5-12)8-9-17/h2-7,10,18H,8H2,1H3. The van der Waals surface area contributed by atoms with Crippen LogP contribution in [-0.2, 0) is 16.4 Å². The smallest absolute Gasteiger partial charge is 0.262 e. The molecule has 0 saturated heterocycles. The van der Waals surface area contributed by atoms with Gasteiger partial charge in [-0.15, -0.1) is 0 Å². The Balaban J connectivity index is 2.24. The molecule has 0 atom stereocenters. The molecule has 5 nitrogen and oxygen atoms in total. The Labute approximate surface area is 128 Å². The van der Waals surface area contributed by atoms with E-state index >= 15 is 0 Å². The van der Waals surface area contributed by atoms with Crippen molar-refractivity contribution < 1.29 is 17.5 Å². The second-order valence-corrected chi connectivity index (χ2v) is 6.12. The molecule has 2 rings (SSSR count). The molecule has 2 aromatic rings. The molecule has 0 aliphatic carbocycles. The molecule has 0 aromatic heterocycles. The van der Waals surface area contributed by atoms with Crippen LogP contribution in [0.3, 0.4) is 0 Å². The van der Waals surface area contributed by atoms with Crippen LogP contribution in [0.4, 0.5) is 10.1 Å². The van der Waals surface area contributed by atoms with Crippen LogP contribution in [0, 0.1) is 17.1 Å². The van der Waals surface area contributed by atoms with Gasteiger partial charge in [0.2, 0.25) is 0 Å². The molecular weight excluding hydrogens is 307 g/mol. The zero-order valence-corrected chi connectivity index (χ0v) is 12.5. The Morgan fingerprint density at radius 1 is 1.23 bits per heavy atom. The second-order valence-electron chi connectivity index (χ2n) is 4.43. The van der Waals surface area contributed by atoms with E-state index in [2.05, 4.69) is 4.72 Å². The van der Waals surface area contributed by atoms with Crippen LogP contribution in [0.1, 0.15) is 5.56 Å². The molecule has 0 bridgehead atoms. The minimum absolute atomic E-state index is 0.0280. The summed E-state index contributed by atoms with van der Waals surface area (Å²) in [6.07, 6.45) is 0.247. The Morgan fingerprint density at radius 3 is 2.45 bits per heavy atom. The molecule has 1 N–H and O–H groups in total. The maximum atomic E-state index is 13.6. The lowest BCUT2D eigenvalue weighted by Gasteiger charge is -2.09. The summed E-state index contributed by atoms with van der Waals surface area (Å²) < 4.78 is 45.1. The summed E-state index contributed by atoms with van der Waals surface area (Å²) in [5, 5.41) is 8.59. The van der Waals surface area contributed by atoms with Crippen molar-refractivity contribution >= 4 is 15.7 Å². The lowest BCUT2D eigenvalue weighted by Crippen LogP contribution is -2.13. The number of nitrogens with zero attached hydrogens (tertiary/aromatic N) is 1. The number of hydrogen-bond acceptors (Lipinski definition) is 4. The van der Waals surface area contributed by atoms with E-state index in [1.54, 1.807) is 24.3 Å². The van der Waals surface area contributed by atoms with Gasteiger partial charge in [0.15, 0.2) is 11.6 Å². The first kappa shape index (κ1) is 15.8. The maximum absolute atomic E-state index is 13.6. The summed E-state index contributed by atoms with van der Waals surface area (Å²) in [6.45, 7) is 0. The quantitative estimate of drug-likeness (QED) is 0.918. The van der Waals surface area contributed by atoms with Crippen LogP contribution in [-0.4, -0.2) is 15.5 Å². The van der Waals surface area contributed by atoms with Crippen LogP contribution < -0.4 is 9.46 Å². The topological polar surface area (TPSA) is 79.2 Å². The van der Waals surface area contributed by atoms with E-state index in [9.17, 15) is 12.8 Å². The van der Waals surface area contributed by atoms with Gasteiger partial charge in [0.25, 0.3) is 10.0 Å². The summed E-state index contributed by atoms with van der Waals surface area (Å²) in [7, 11) is -2.60. The van der Waals surface area contributed by atoms with Gasteiger partial charge in [-0.05, 0) is 35.9 Å². The van der Waals surface area contributed by atoms with Gasteiger partial charge in [-0.25, -0.2) is 12.8 Å². The Bertz CT molecular complexity index is 812. The van der Waals surface area contributed by atoms with Gasteiger partial charge in [0.05, 0.1) is 24.5 Å². The molecule has 2 aromatic carbocycles. The third kappa shape index (κ3) is 3.54. The van der Waals surface area contributed by atoms with E-state index in [4.69, 9.17) is 10.00 Å². The molecule has 0 aliphatic heterocycles. The predicted octanol–water partition coefficient (Wildman–Crippen LogP) is 2.70. The fourth-order valence-electron chi connectivity index (χ4n) is 1.81. The second kappa shape index (κ2) is 6.45. The Hall–Kier alpha value is -2.59. The number of halogens is 1. The Kier molecular flexibility index (Phi) is 4.63. The summed E-state index contributed by atoms with van der Waals surface area (Å²) >= 11 is 0. The number of sulfonamides is 1. The largest absolute Gasteiger partial charge is 0.494 e. The molecule has 0 heterocycles. The van der Waals surface area contributed by atoms with E-state index < -0.39 is 15.8 Å². The van der Waals surface area contributed by atoms with E-state index in [0.29, 0.717) is 5.69 Å². The average molecular weight is 320 g/mol. The van der Waals surface area contributed by atoms with Crippen molar-refractivity contribution in [3.8, 4) is 11.8 Å². The van der Waals surface area contributed by atoms with Gasteiger partial charge in [-0.3, -0.25) is 4.72 Å². The van der Waals surface area contributed by atoms with Crippen molar-refractivity contribution in [2.45, 2.75) is 11.3 Å². The highest BCUT2D eigenvalue weighted by atomic mass is 32.2. The zero-order chi connectivity index (χ0) is 16.2. The van der Waals surface area contributed by atoms with Crippen molar-refractivity contribution in [3.63, 3.8) is 0 Å². The molecular formula is C15H13FN2O3S. The lowest BCUT2D eigenvalue weighted by molar-refractivity contribution is 0.385. The SMILES string of the molecule is COc1ccc(S(=O)(=O)Nc2ccc(CC#N)cc2)cc1F. The first-order valence-electron chi connectivity index (χ1n) is 6.28. The summed E-state index contributed by atoms with van der Waals surface area (Å²) in [5.41, 5.74) is 1.11. The van der Waals surface area contributed by atoms with Crippen molar-refractivity contribution in [2.75, 3.05) is 11.8 Å². The van der Waals surface area contributed by atoms with Gasteiger partial charge in [0.1, 0.15) is 0 Å². The molecule has 0 unspecified atom stereocenters. The normalized spacial score (nSPS) is 10.8. The fraction of sp³-hybridized carbons (Fsp3) is 0.133. The fourth-order valence-corrected chi connectivity index (χ4v) is 2.88. The van der Waals surface area contributed by atoms with Crippen LogP contribution >= 0.6 is 0 Å². The zero-order valence-electron chi connectivity index (χ0n) is 11.7. The van der Waals surface area contributed by atoms with Crippen LogP contribution in [0.5, 0.6) is 5.75 Å². The number of ether oxygens (including phenoxy) is 1. The number of anilines is 1. The van der Waals surface area contributed by atoms with E-state index in [-0.39, 0.29) is 17.1 Å². The van der Waals surface area contributed by atoms with Gasteiger partial charge >= 0.3 is 0 Å². The average Bonchev–Trinajstić information content (AvgIpc) is 2.49. The first-order valence-corrected chi connectivity index (χ1v) is 7.77. The molecule has 0 spiro atoms. The summed E-state index contributed by atoms with van der Waals surface area (Å²) in [5.74, 6) is -0.783. The van der Waals surface area contributed by atoms with Crippen LogP contribution in [0.2, 0.25) is 0 Å². The monoisotopic (exact) mass is 320 g/mol. The first-order chi connectivity index (χ1) is 10.5. The number of rotatable bonds is 5. The molecule has 22 heavy (non-hydrogen) atoms. The van der Waals surface area contributed by atoms with Gasteiger partial charge in [-0.1, -0.05) is 12.1 Å². The number of methoxy groups -OCH3 is 1. The summed E-state index contributed by atoms with van der Waals surface area (Å²) in [6, 6.07) is 11.8. The Morgan fingerprint density at radius 2 is 1.91 bits per heavy atom. The van der Waals surface area contributed by atoms with Gasteiger partial charge in [-0.2, -0.15) is 5.26 Å². The number of nitriles is 1. The third-order valence-electron chi connectivity index (χ3n) is 2.92. The van der Waals surface area contributed by atoms with E-state index in [1.807, 2.05) is 6.07 Å². The van der Waals surface area contributed by atoms with Crippen molar-refractivity contribution in [2.24, 2.45) is 0 Å². The van der Waals surface area contributed by atoms with Crippen LogP contribution in [0.25, 0.3) is 0 Å². The molecule has 114 valence electrons. The molecule has 0 radical (unpaired) electrons. The van der Waals surface area contributed by atoms with Crippen molar-refractivity contribution in [3.05, 3.63) is 53.8 Å². The predicted molar refractivity (Wildman–Crippen MR) is 79.5 cm³/mol. The van der Waals surface area contributed by atoms with Gasteiger partial charge < -0.3 is 4.74 Å². The van der Waals surface area contributed by atoms with E-state index in [0.717, 1.165) is 11.6 Å². The van der Waals surface area contributed by atoms with E-state index in [1.165, 1.54) is 19.2 Å². The van der Waals surface area contributed by atoms with Gasteiger partial charge in [0, 0.05) is 5.69 Å². The molecule has 0 saturated carbocycles. The summed E-state index contributed by atoms with van der Waals surface area (Å²) in [4.78, 5) is -0.202. The maximum Gasteiger partial charge on any atom is 0.262 e. The minimum atomic E-state index is -3.90. The highest BCUT2D eigenvalue weighted by molar-refractivity contribution is 7.92. The highest BCUT2D eigenvalue weighted by Crippen LogP contribution is 2.22. The van der Waals surface area contributed by atoms with Crippen molar-refractivity contribution in [1.29, 1.82) is 5.26 Å².